The van der Waals surface area contributed by atoms with Gasteiger partial charge in [-0.25, -0.2) is 0 Å². The molecule has 1 aliphatic rings. The van der Waals surface area contributed by atoms with E-state index in [1.807, 2.05) is 0 Å². The lowest BCUT2D eigenvalue weighted by Gasteiger charge is -2.18. The Balaban J connectivity index is 2.17. The minimum atomic E-state index is 0.339. The highest BCUT2D eigenvalue weighted by molar-refractivity contribution is 4.66. The van der Waals surface area contributed by atoms with Crippen LogP contribution < -0.4 is 0 Å². The summed E-state index contributed by atoms with van der Waals surface area (Å²) >= 11 is 0. The number of hydrogen-bond donors (Lipinski definition) is 1. The number of rotatable bonds is 3. The third-order valence-corrected chi connectivity index (χ3v) is 2.74. The van der Waals surface area contributed by atoms with Gasteiger partial charge in [0.05, 0.1) is 0 Å². The second-order valence-electron chi connectivity index (χ2n) is 3.95. The van der Waals surface area contributed by atoms with Crippen LogP contribution in [0.4, 0.5) is 0 Å². The van der Waals surface area contributed by atoms with Crippen LogP contribution in [0.1, 0.15) is 32.6 Å². The van der Waals surface area contributed by atoms with Crippen molar-refractivity contribution >= 4 is 0 Å². The van der Waals surface area contributed by atoms with Crippen molar-refractivity contribution in [3.05, 3.63) is 0 Å². The highest BCUT2D eigenvalue weighted by Crippen LogP contribution is 2.16. The minimum Gasteiger partial charge on any atom is -0.396 e. The van der Waals surface area contributed by atoms with Gasteiger partial charge < -0.3 is 10.0 Å². The molecular weight excluding hydrogens is 150 g/mol. The van der Waals surface area contributed by atoms with Crippen LogP contribution in [0.3, 0.4) is 0 Å². The average Bonchev–Trinajstić information content (AvgIpc) is 2.27. The monoisotopic (exact) mass is 171 g/mol. The van der Waals surface area contributed by atoms with E-state index in [2.05, 4.69) is 11.8 Å². The Kier molecular flexibility index (Phi) is 4.62. The van der Waals surface area contributed by atoms with Crippen molar-refractivity contribution in [1.29, 1.82) is 0 Å². The van der Waals surface area contributed by atoms with E-state index in [1.165, 1.54) is 32.4 Å². The number of likely N-dealkylation sites (tertiary alicyclic amines) is 1. The van der Waals surface area contributed by atoms with Gasteiger partial charge in [0, 0.05) is 13.2 Å². The van der Waals surface area contributed by atoms with Crippen LogP contribution >= 0.6 is 0 Å². The molecule has 12 heavy (non-hydrogen) atoms. The number of aliphatic hydroxyl groups is 1. The summed E-state index contributed by atoms with van der Waals surface area (Å²) in [4.78, 5) is 2.49. The van der Waals surface area contributed by atoms with Crippen molar-refractivity contribution in [2.45, 2.75) is 32.6 Å². The van der Waals surface area contributed by atoms with Crippen LogP contribution in [0.25, 0.3) is 0 Å². The summed E-state index contributed by atoms with van der Waals surface area (Å²) in [6.07, 6.45) is 5.00. The standard InChI is InChI=1S/C10H21NO/c1-10-4-2-6-11(8-5-10)7-3-9-12/h10,12H,2-9H2,1H3. The van der Waals surface area contributed by atoms with Gasteiger partial charge in [0.2, 0.25) is 0 Å². The first-order valence-corrected chi connectivity index (χ1v) is 5.16. The Hall–Kier alpha value is -0.0800. The molecule has 0 aliphatic carbocycles. The van der Waals surface area contributed by atoms with Gasteiger partial charge in [0.1, 0.15) is 0 Å². The zero-order valence-electron chi connectivity index (χ0n) is 8.13. The third kappa shape index (κ3) is 3.55. The molecule has 2 heteroatoms. The summed E-state index contributed by atoms with van der Waals surface area (Å²) in [5.41, 5.74) is 0. The van der Waals surface area contributed by atoms with Gasteiger partial charge in [-0.1, -0.05) is 6.92 Å². The molecule has 0 bridgehead atoms. The lowest BCUT2D eigenvalue weighted by Crippen LogP contribution is -2.26. The summed E-state index contributed by atoms with van der Waals surface area (Å²) < 4.78 is 0. The topological polar surface area (TPSA) is 23.5 Å². The van der Waals surface area contributed by atoms with Crippen LogP contribution in [-0.4, -0.2) is 36.2 Å². The van der Waals surface area contributed by atoms with Gasteiger partial charge in [-0.15, -0.1) is 0 Å². The van der Waals surface area contributed by atoms with Crippen LogP contribution in [-0.2, 0) is 0 Å². The Morgan fingerprint density at radius 2 is 2.17 bits per heavy atom. The Labute approximate surface area is 75.6 Å². The van der Waals surface area contributed by atoms with E-state index < -0.39 is 0 Å². The quantitative estimate of drug-likeness (QED) is 0.695. The largest absolute Gasteiger partial charge is 0.396 e. The van der Waals surface area contributed by atoms with Crippen molar-refractivity contribution in [3.8, 4) is 0 Å². The molecular formula is C10H21NO. The Bertz CT molecular complexity index is 114. The molecule has 1 heterocycles. The molecule has 72 valence electrons. The van der Waals surface area contributed by atoms with Crippen molar-refractivity contribution < 1.29 is 5.11 Å². The first kappa shape index (κ1) is 10.0. The van der Waals surface area contributed by atoms with Gasteiger partial charge in [0.25, 0.3) is 0 Å². The molecule has 1 aliphatic heterocycles. The molecule has 1 rings (SSSR count). The highest BCUT2D eigenvalue weighted by Gasteiger charge is 2.12. The van der Waals surface area contributed by atoms with Gasteiger partial charge in [-0.3, -0.25) is 0 Å². The van der Waals surface area contributed by atoms with Crippen molar-refractivity contribution in [2.24, 2.45) is 5.92 Å². The van der Waals surface area contributed by atoms with E-state index >= 15 is 0 Å². The molecule has 2 nitrogen and oxygen atoms in total. The second-order valence-corrected chi connectivity index (χ2v) is 3.95. The van der Waals surface area contributed by atoms with Crippen LogP contribution in [0.2, 0.25) is 0 Å². The Morgan fingerprint density at radius 1 is 1.33 bits per heavy atom. The molecule has 0 aromatic carbocycles. The minimum absolute atomic E-state index is 0.339. The molecule has 1 unspecified atom stereocenters. The highest BCUT2D eigenvalue weighted by atomic mass is 16.3. The summed E-state index contributed by atoms with van der Waals surface area (Å²) in [5.74, 6) is 0.907. The van der Waals surface area contributed by atoms with Crippen molar-refractivity contribution in [2.75, 3.05) is 26.2 Å². The molecule has 0 aromatic rings. The maximum atomic E-state index is 8.69. The molecule has 0 amide bonds. The van der Waals surface area contributed by atoms with Crippen LogP contribution in [0.5, 0.6) is 0 Å². The molecule has 1 N–H and O–H groups in total. The molecule has 1 saturated heterocycles. The van der Waals surface area contributed by atoms with Crippen molar-refractivity contribution in [1.82, 2.24) is 4.90 Å². The fraction of sp³-hybridized carbons (Fsp3) is 1.00. The fourth-order valence-corrected chi connectivity index (χ4v) is 1.84. The zero-order chi connectivity index (χ0) is 8.81. The predicted molar refractivity (Wildman–Crippen MR) is 51.2 cm³/mol. The lowest BCUT2D eigenvalue weighted by atomic mass is 10.0. The molecule has 0 saturated carbocycles. The molecule has 0 spiro atoms. The normalized spacial score (nSPS) is 27.0. The lowest BCUT2D eigenvalue weighted by molar-refractivity contribution is 0.227. The van der Waals surface area contributed by atoms with E-state index in [0.717, 1.165) is 18.9 Å². The maximum absolute atomic E-state index is 8.69. The van der Waals surface area contributed by atoms with Crippen LogP contribution in [0, 0.1) is 5.92 Å². The number of aliphatic hydroxyl groups excluding tert-OH is 1. The number of hydrogen-bond acceptors (Lipinski definition) is 2. The smallest absolute Gasteiger partial charge is 0.0443 e. The van der Waals surface area contributed by atoms with E-state index in [4.69, 9.17) is 5.11 Å². The SMILES string of the molecule is CC1CCCN(CCCO)CC1. The summed E-state index contributed by atoms with van der Waals surface area (Å²) in [6.45, 7) is 6.25. The van der Waals surface area contributed by atoms with E-state index in [9.17, 15) is 0 Å². The van der Waals surface area contributed by atoms with Gasteiger partial charge >= 0.3 is 0 Å². The van der Waals surface area contributed by atoms with Crippen LogP contribution in [0.15, 0.2) is 0 Å². The van der Waals surface area contributed by atoms with Gasteiger partial charge in [-0.05, 0) is 44.7 Å². The van der Waals surface area contributed by atoms with E-state index in [1.54, 1.807) is 0 Å². The summed E-state index contributed by atoms with van der Waals surface area (Å²) in [7, 11) is 0. The average molecular weight is 171 g/mol. The second kappa shape index (κ2) is 5.55. The summed E-state index contributed by atoms with van der Waals surface area (Å²) in [6, 6.07) is 0. The first-order valence-electron chi connectivity index (χ1n) is 5.16. The van der Waals surface area contributed by atoms with E-state index in [0.29, 0.717) is 6.61 Å². The number of nitrogens with zero attached hydrogens (tertiary/aromatic N) is 1. The third-order valence-electron chi connectivity index (χ3n) is 2.74. The predicted octanol–water partition coefficient (Wildman–Crippen LogP) is 1.49. The van der Waals surface area contributed by atoms with E-state index in [-0.39, 0.29) is 0 Å². The first-order chi connectivity index (χ1) is 5.83. The maximum Gasteiger partial charge on any atom is 0.0443 e. The fourth-order valence-electron chi connectivity index (χ4n) is 1.84. The zero-order valence-corrected chi connectivity index (χ0v) is 8.13. The summed E-state index contributed by atoms with van der Waals surface area (Å²) in [5, 5.41) is 8.69. The molecule has 0 aromatic heterocycles. The molecule has 1 fully saturated rings. The molecule has 1 atom stereocenters. The van der Waals surface area contributed by atoms with Gasteiger partial charge in [-0.2, -0.15) is 0 Å². The van der Waals surface area contributed by atoms with Gasteiger partial charge in [0.15, 0.2) is 0 Å². The molecule has 0 radical (unpaired) electrons. The van der Waals surface area contributed by atoms with Crippen molar-refractivity contribution in [3.63, 3.8) is 0 Å². The Morgan fingerprint density at radius 3 is 2.92 bits per heavy atom.